The number of carbonyl (C=O) groups is 1. The van der Waals surface area contributed by atoms with Crippen molar-refractivity contribution in [3.63, 3.8) is 0 Å². The molecule has 0 saturated carbocycles. The Hall–Kier alpha value is -0.740. The molecule has 5 heteroatoms. The first-order chi connectivity index (χ1) is 7.54. The summed E-state index contributed by atoms with van der Waals surface area (Å²) in [5, 5.41) is 9.14. The summed E-state index contributed by atoms with van der Waals surface area (Å²) in [4.78, 5) is 10.4. The van der Waals surface area contributed by atoms with Crippen LogP contribution < -0.4 is 4.74 Å². The van der Waals surface area contributed by atoms with Gasteiger partial charge in [0.05, 0.1) is 11.6 Å². The number of hydrogen-bond donors (Lipinski definition) is 1. The van der Waals surface area contributed by atoms with Gasteiger partial charge in [-0.1, -0.05) is 11.6 Å². The molecule has 1 aromatic carbocycles. The molecule has 0 radical (unpaired) electrons. The van der Waals surface area contributed by atoms with Crippen LogP contribution in [0.5, 0.6) is 5.75 Å². The molecule has 1 rings (SSSR count). The Bertz CT molecular complexity index is 393. The van der Waals surface area contributed by atoms with E-state index in [1.807, 2.05) is 6.07 Å². The van der Waals surface area contributed by atoms with E-state index in [1.54, 1.807) is 13.2 Å². The van der Waals surface area contributed by atoms with Crippen LogP contribution in [0, 0.1) is 0 Å². The van der Waals surface area contributed by atoms with E-state index in [1.165, 1.54) is 0 Å². The Morgan fingerprint density at radius 2 is 2.25 bits per heavy atom. The Kier molecular flexibility index (Phi) is 5.09. The minimum atomic E-state index is -0.788. The van der Waals surface area contributed by atoms with Gasteiger partial charge in [0.2, 0.25) is 0 Å². The van der Waals surface area contributed by atoms with Crippen LogP contribution in [0.1, 0.15) is 18.4 Å². The van der Waals surface area contributed by atoms with Gasteiger partial charge in [-0.05, 0) is 40.4 Å². The predicted molar refractivity (Wildman–Crippen MR) is 66.3 cm³/mol. The third-order valence-corrected chi connectivity index (χ3v) is 3.13. The topological polar surface area (TPSA) is 46.5 Å². The molecular weight excluding hydrogens is 295 g/mol. The third kappa shape index (κ3) is 3.68. The van der Waals surface area contributed by atoms with Gasteiger partial charge in [-0.15, -0.1) is 0 Å². The Balaban J connectivity index is 2.73. The molecule has 1 aromatic rings. The van der Waals surface area contributed by atoms with Gasteiger partial charge in [-0.25, -0.2) is 0 Å². The van der Waals surface area contributed by atoms with Gasteiger partial charge in [0, 0.05) is 17.5 Å². The largest absolute Gasteiger partial charge is 0.496 e. The van der Waals surface area contributed by atoms with E-state index in [2.05, 4.69) is 15.9 Å². The number of carboxylic acid groups (broad SMARTS) is 1. The first-order valence-corrected chi connectivity index (χ1v) is 5.95. The van der Waals surface area contributed by atoms with Gasteiger partial charge in [-0.2, -0.15) is 0 Å². The van der Waals surface area contributed by atoms with Gasteiger partial charge in [0.15, 0.2) is 0 Å². The Morgan fingerprint density at radius 3 is 2.81 bits per heavy atom. The molecule has 0 aromatic heterocycles. The highest BCUT2D eigenvalue weighted by atomic mass is 79.9. The van der Waals surface area contributed by atoms with Crippen LogP contribution in [0.4, 0.5) is 0 Å². The van der Waals surface area contributed by atoms with Crippen LogP contribution in [0.2, 0.25) is 5.02 Å². The average Bonchev–Trinajstić information content (AvgIpc) is 2.22. The number of aryl methyl sites for hydroxylation is 1. The van der Waals surface area contributed by atoms with E-state index in [9.17, 15) is 4.79 Å². The fourth-order valence-corrected chi connectivity index (χ4v) is 2.15. The highest BCUT2D eigenvalue weighted by Gasteiger charge is 2.08. The van der Waals surface area contributed by atoms with E-state index < -0.39 is 5.97 Å². The lowest BCUT2D eigenvalue weighted by molar-refractivity contribution is -0.137. The van der Waals surface area contributed by atoms with Gasteiger partial charge >= 0.3 is 5.97 Å². The molecular formula is C11H12BrClO3. The fourth-order valence-electron chi connectivity index (χ4n) is 1.35. The van der Waals surface area contributed by atoms with Crippen molar-refractivity contribution >= 4 is 33.5 Å². The molecule has 0 unspecified atom stereocenters. The number of carboxylic acids is 1. The maximum atomic E-state index is 10.4. The van der Waals surface area contributed by atoms with Crippen molar-refractivity contribution < 1.29 is 14.6 Å². The van der Waals surface area contributed by atoms with Crippen molar-refractivity contribution in [1.29, 1.82) is 0 Å². The van der Waals surface area contributed by atoms with E-state index in [-0.39, 0.29) is 6.42 Å². The summed E-state index contributed by atoms with van der Waals surface area (Å²) < 4.78 is 5.92. The van der Waals surface area contributed by atoms with Crippen LogP contribution in [-0.2, 0) is 11.2 Å². The molecule has 16 heavy (non-hydrogen) atoms. The zero-order chi connectivity index (χ0) is 12.1. The number of benzene rings is 1. The molecule has 88 valence electrons. The monoisotopic (exact) mass is 306 g/mol. The SMILES string of the molecule is COc1cc(Cl)c(CCCC(=O)O)cc1Br. The van der Waals surface area contributed by atoms with E-state index in [0.717, 1.165) is 10.0 Å². The van der Waals surface area contributed by atoms with Crippen molar-refractivity contribution in [2.24, 2.45) is 0 Å². The first kappa shape index (κ1) is 13.3. The molecule has 0 heterocycles. The average molecular weight is 308 g/mol. The van der Waals surface area contributed by atoms with Crippen molar-refractivity contribution in [3.05, 3.63) is 27.2 Å². The Morgan fingerprint density at radius 1 is 1.56 bits per heavy atom. The maximum absolute atomic E-state index is 10.4. The smallest absolute Gasteiger partial charge is 0.303 e. The zero-order valence-electron chi connectivity index (χ0n) is 8.80. The molecule has 0 bridgehead atoms. The second-order valence-electron chi connectivity index (χ2n) is 3.33. The Labute approximate surface area is 107 Å². The van der Waals surface area contributed by atoms with Crippen LogP contribution in [-0.4, -0.2) is 18.2 Å². The molecule has 0 aliphatic carbocycles. The maximum Gasteiger partial charge on any atom is 0.303 e. The standard InChI is InChI=1S/C11H12BrClO3/c1-16-10-6-9(13)7(5-8(10)12)3-2-4-11(14)15/h5-6H,2-4H2,1H3,(H,14,15). The minimum absolute atomic E-state index is 0.153. The molecule has 0 atom stereocenters. The second kappa shape index (κ2) is 6.11. The van der Waals surface area contributed by atoms with Gasteiger partial charge < -0.3 is 9.84 Å². The van der Waals surface area contributed by atoms with Crippen LogP contribution >= 0.6 is 27.5 Å². The van der Waals surface area contributed by atoms with Gasteiger partial charge in [-0.3, -0.25) is 4.79 Å². The number of hydrogen-bond acceptors (Lipinski definition) is 2. The summed E-state index contributed by atoms with van der Waals surface area (Å²) in [6.07, 6.45) is 1.38. The molecule has 0 aliphatic rings. The molecule has 0 aliphatic heterocycles. The van der Waals surface area contributed by atoms with Crippen molar-refractivity contribution in [2.45, 2.75) is 19.3 Å². The van der Waals surface area contributed by atoms with Gasteiger partial charge in [0.1, 0.15) is 5.75 Å². The van der Waals surface area contributed by atoms with Crippen LogP contribution in [0.15, 0.2) is 16.6 Å². The van der Waals surface area contributed by atoms with E-state index >= 15 is 0 Å². The molecule has 0 amide bonds. The summed E-state index contributed by atoms with van der Waals surface area (Å²) in [6, 6.07) is 3.59. The van der Waals surface area contributed by atoms with E-state index in [4.69, 9.17) is 21.4 Å². The molecule has 0 fully saturated rings. The van der Waals surface area contributed by atoms with Gasteiger partial charge in [0.25, 0.3) is 0 Å². The normalized spacial score (nSPS) is 10.2. The number of aliphatic carboxylic acids is 1. The summed E-state index contributed by atoms with van der Waals surface area (Å²) in [6.45, 7) is 0. The lowest BCUT2D eigenvalue weighted by Gasteiger charge is -2.08. The highest BCUT2D eigenvalue weighted by Crippen LogP contribution is 2.31. The van der Waals surface area contributed by atoms with Crippen molar-refractivity contribution in [3.8, 4) is 5.75 Å². The molecule has 1 N–H and O–H groups in total. The minimum Gasteiger partial charge on any atom is -0.496 e. The lowest BCUT2D eigenvalue weighted by atomic mass is 10.1. The quantitative estimate of drug-likeness (QED) is 0.905. The van der Waals surface area contributed by atoms with Crippen molar-refractivity contribution in [2.75, 3.05) is 7.11 Å². The number of halogens is 2. The molecule has 3 nitrogen and oxygen atoms in total. The number of ether oxygens (including phenoxy) is 1. The van der Waals surface area contributed by atoms with Crippen molar-refractivity contribution in [1.82, 2.24) is 0 Å². The highest BCUT2D eigenvalue weighted by molar-refractivity contribution is 9.10. The lowest BCUT2D eigenvalue weighted by Crippen LogP contribution is -1.97. The summed E-state index contributed by atoms with van der Waals surface area (Å²) in [5.41, 5.74) is 0.926. The summed E-state index contributed by atoms with van der Waals surface area (Å²) >= 11 is 9.41. The molecule has 0 spiro atoms. The van der Waals surface area contributed by atoms with E-state index in [0.29, 0.717) is 23.6 Å². The number of methoxy groups -OCH3 is 1. The first-order valence-electron chi connectivity index (χ1n) is 4.78. The number of rotatable bonds is 5. The zero-order valence-corrected chi connectivity index (χ0v) is 11.1. The van der Waals surface area contributed by atoms with Crippen LogP contribution in [0.3, 0.4) is 0 Å². The van der Waals surface area contributed by atoms with Crippen LogP contribution in [0.25, 0.3) is 0 Å². The second-order valence-corrected chi connectivity index (χ2v) is 4.59. The summed E-state index contributed by atoms with van der Waals surface area (Å²) in [5.74, 6) is -0.115. The third-order valence-electron chi connectivity index (χ3n) is 2.16. The molecule has 0 saturated heterocycles. The predicted octanol–water partition coefficient (Wildman–Crippen LogP) is 3.52. The summed E-state index contributed by atoms with van der Waals surface area (Å²) in [7, 11) is 1.57. The fraction of sp³-hybridized carbons (Fsp3) is 0.364.